The van der Waals surface area contributed by atoms with Gasteiger partial charge in [-0.3, -0.25) is 14.4 Å². The molecule has 116 valence electrons. The summed E-state index contributed by atoms with van der Waals surface area (Å²) in [6.45, 7) is 0.0256. The number of fused-ring (bicyclic) bond motifs is 1. The smallest absolute Gasteiger partial charge is 0.266 e. The van der Waals surface area contributed by atoms with Gasteiger partial charge in [-0.2, -0.15) is 0 Å². The number of benzene rings is 2. The Hall–Kier alpha value is -2.99. The molecule has 3 rings (SSSR count). The van der Waals surface area contributed by atoms with Crippen LogP contribution < -0.4 is 10.2 Å². The highest BCUT2D eigenvalue weighted by Crippen LogP contribution is 2.28. The van der Waals surface area contributed by atoms with Crippen molar-refractivity contribution in [3.05, 3.63) is 65.2 Å². The number of nitrogens with one attached hydrogen (secondary N) is 1. The van der Waals surface area contributed by atoms with E-state index in [0.717, 1.165) is 4.90 Å². The molecule has 0 fully saturated rings. The third kappa shape index (κ3) is 2.60. The molecule has 0 bridgehead atoms. The normalized spacial score (nSPS) is 13.2. The lowest BCUT2D eigenvalue weighted by Crippen LogP contribution is -2.29. The quantitative estimate of drug-likeness (QED) is 0.831. The van der Waals surface area contributed by atoms with Gasteiger partial charge in [0.2, 0.25) is 0 Å². The van der Waals surface area contributed by atoms with Crippen LogP contribution in [0.25, 0.3) is 0 Å². The summed E-state index contributed by atoms with van der Waals surface area (Å²) in [5.74, 6) is -1.07. The fraction of sp³-hybridized carbons (Fsp3) is 0.118. The van der Waals surface area contributed by atoms with Crippen LogP contribution in [0.4, 0.5) is 5.69 Å². The van der Waals surface area contributed by atoms with Gasteiger partial charge in [0.25, 0.3) is 17.7 Å². The lowest BCUT2D eigenvalue weighted by atomic mass is 10.1. The van der Waals surface area contributed by atoms with E-state index in [0.29, 0.717) is 22.4 Å². The molecule has 2 aromatic carbocycles. The zero-order chi connectivity index (χ0) is 16.4. The molecule has 1 aliphatic heterocycles. The molecule has 23 heavy (non-hydrogen) atoms. The summed E-state index contributed by atoms with van der Waals surface area (Å²) in [4.78, 5) is 37.6. The molecule has 0 saturated carbocycles. The second kappa shape index (κ2) is 6.02. The van der Waals surface area contributed by atoms with Crippen molar-refractivity contribution in [3.8, 4) is 0 Å². The first kappa shape index (κ1) is 14.9. The maximum absolute atomic E-state index is 12.4. The molecule has 0 aliphatic carbocycles. The fourth-order valence-corrected chi connectivity index (χ4v) is 2.46. The Morgan fingerprint density at radius 1 is 0.957 bits per heavy atom. The molecule has 0 aromatic heterocycles. The first-order valence-electron chi connectivity index (χ1n) is 7.10. The van der Waals surface area contributed by atoms with Crippen LogP contribution in [0.15, 0.2) is 48.5 Å². The van der Waals surface area contributed by atoms with Gasteiger partial charge in [-0.1, -0.05) is 12.1 Å². The van der Waals surface area contributed by atoms with Crippen LogP contribution >= 0.6 is 0 Å². The molecule has 0 atom stereocenters. The minimum Gasteiger partial charge on any atom is -0.395 e. The monoisotopic (exact) mass is 310 g/mol. The van der Waals surface area contributed by atoms with Crippen molar-refractivity contribution >= 4 is 23.4 Å². The predicted molar refractivity (Wildman–Crippen MR) is 83.4 cm³/mol. The van der Waals surface area contributed by atoms with Crippen molar-refractivity contribution in [2.24, 2.45) is 0 Å². The van der Waals surface area contributed by atoms with Crippen LogP contribution in [0.2, 0.25) is 0 Å². The maximum atomic E-state index is 12.4. The van der Waals surface area contributed by atoms with Crippen molar-refractivity contribution in [2.45, 2.75) is 0 Å². The van der Waals surface area contributed by atoms with Crippen LogP contribution in [0, 0.1) is 0 Å². The second-order valence-corrected chi connectivity index (χ2v) is 5.02. The summed E-state index contributed by atoms with van der Waals surface area (Å²) < 4.78 is 0. The van der Waals surface area contributed by atoms with Crippen LogP contribution in [-0.2, 0) is 0 Å². The molecule has 6 nitrogen and oxygen atoms in total. The van der Waals surface area contributed by atoms with Gasteiger partial charge < -0.3 is 10.4 Å². The van der Waals surface area contributed by atoms with Crippen molar-refractivity contribution in [2.75, 3.05) is 18.1 Å². The van der Waals surface area contributed by atoms with Gasteiger partial charge in [-0.25, -0.2) is 4.90 Å². The standard InChI is InChI=1S/C17H14N2O4/c20-10-9-18-15(21)11-5-7-12(8-6-11)19-16(22)13-3-1-2-4-14(13)17(19)23/h1-8,20H,9-10H2,(H,18,21). The Morgan fingerprint density at radius 3 is 2.04 bits per heavy atom. The lowest BCUT2D eigenvalue weighted by Gasteiger charge is -2.14. The molecule has 2 aromatic rings. The molecular formula is C17H14N2O4. The van der Waals surface area contributed by atoms with E-state index in [1.165, 1.54) is 12.1 Å². The Morgan fingerprint density at radius 2 is 1.52 bits per heavy atom. The van der Waals surface area contributed by atoms with Gasteiger partial charge in [0.1, 0.15) is 0 Å². The van der Waals surface area contributed by atoms with Crippen molar-refractivity contribution in [1.29, 1.82) is 0 Å². The van der Waals surface area contributed by atoms with Gasteiger partial charge in [0.15, 0.2) is 0 Å². The zero-order valence-electron chi connectivity index (χ0n) is 12.2. The molecule has 2 N–H and O–H groups in total. The van der Waals surface area contributed by atoms with Crippen molar-refractivity contribution < 1.29 is 19.5 Å². The minimum absolute atomic E-state index is 0.140. The van der Waals surface area contributed by atoms with Crippen LogP contribution in [0.1, 0.15) is 31.1 Å². The SMILES string of the molecule is O=C(NCCO)c1ccc(N2C(=O)c3ccccc3C2=O)cc1. The van der Waals surface area contributed by atoms with Gasteiger partial charge in [0, 0.05) is 12.1 Å². The molecular weight excluding hydrogens is 296 g/mol. The number of imide groups is 1. The number of carbonyl (C=O) groups excluding carboxylic acids is 3. The Bertz CT molecular complexity index is 748. The van der Waals surface area contributed by atoms with Crippen LogP contribution in [-0.4, -0.2) is 36.0 Å². The minimum atomic E-state index is -0.372. The summed E-state index contributed by atoms with van der Waals surface area (Å²) in [5, 5.41) is 11.2. The van der Waals surface area contributed by atoms with E-state index in [4.69, 9.17) is 5.11 Å². The summed E-state index contributed by atoms with van der Waals surface area (Å²) in [5.41, 5.74) is 1.55. The number of hydrogen-bond acceptors (Lipinski definition) is 4. The highest BCUT2D eigenvalue weighted by Gasteiger charge is 2.36. The zero-order valence-corrected chi connectivity index (χ0v) is 12.2. The molecule has 0 saturated heterocycles. The van der Waals surface area contributed by atoms with Gasteiger partial charge >= 0.3 is 0 Å². The van der Waals surface area contributed by atoms with E-state index in [1.807, 2.05) is 0 Å². The predicted octanol–water partition coefficient (Wildman–Crippen LogP) is 1.21. The number of hydrogen-bond donors (Lipinski definition) is 2. The number of rotatable bonds is 4. The first-order chi connectivity index (χ1) is 11.1. The van der Waals surface area contributed by atoms with Crippen molar-refractivity contribution in [3.63, 3.8) is 0 Å². The average Bonchev–Trinajstić information content (AvgIpc) is 2.84. The van der Waals surface area contributed by atoms with E-state index in [2.05, 4.69) is 5.32 Å². The maximum Gasteiger partial charge on any atom is 0.266 e. The van der Waals surface area contributed by atoms with Crippen LogP contribution in [0.3, 0.4) is 0 Å². The number of aliphatic hydroxyl groups excluding tert-OH is 1. The molecule has 3 amide bonds. The largest absolute Gasteiger partial charge is 0.395 e. The Labute approximate surface area is 132 Å². The van der Waals surface area contributed by atoms with E-state index in [9.17, 15) is 14.4 Å². The second-order valence-electron chi connectivity index (χ2n) is 5.02. The third-order valence-corrected chi connectivity index (χ3v) is 3.58. The van der Waals surface area contributed by atoms with E-state index >= 15 is 0 Å². The fourth-order valence-electron chi connectivity index (χ4n) is 2.46. The molecule has 1 aliphatic rings. The van der Waals surface area contributed by atoms with Crippen molar-refractivity contribution in [1.82, 2.24) is 5.32 Å². The van der Waals surface area contributed by atoms with Gasteiger partial charge in [-0.05, 0) is 36.4 Å². The Kier molecular flexibility index (Phi) is 3.91. The van der Waals surface area contributed by atoms with E-state index in [1.54, 1.807) is 36.4 Å². The molecule has 6 heteroatoms. The number of aliphatic hydroxyl groups is 1. The summed E-state index contributed by atoms with van der Waals surface area (Å²) in [6.07, 6.45) is 0. The topological polar surface area (TPSA) is 86.7 Å². The highest BCUT2D eigenvalue weighted by atomic mass is 16.3. The first-order valence-corrected chi connectivity index (χ1v) is 7.10. The number of amides is 3. The third-order valence-electron chi connectivity index (χ3n) is 3.58. The molecule has 0 radical (unpaired) electrons. The van der Waals surface area contributed by atoms with E-state index < -0.39 is 0 Å². The number of nitrogens with zero attached hydrogens (tertiary/aromatic N) is 1. The summed E-state index contributed by atoms with van der Waals surface area (Å²) in [7, 11) is 0. The lowest BCUT2D eigenvalue weighted by molar-refractivity contribution is 0.0922. The molecule has 0 spiro atoms. The van der Waals surface area contributed by atoms with E-state index in [-0.39, 0.29) is 30.9 Å². The van der Waals surface area contributed by atoms with Gasteiger partial charge in [-0.15, -0.1) is 0 Å². The average molecular weight is 310 g/mol. The molecule has 0 unspecified atom stereocenters. The van der Waals surface area contributed by atoms with Crippen LogP contribution in [0.5, 0.6) is 0 Å². The number of carbonyl (C=O) groups is 3. The highest BCUT2D eigenvalue weighted by molar-refractivity contribution is 6.34. The summed E-state index contributed by atoms with van der Waals surface area (Å²) in [6, 6.07) is 12.8. The molecule has 1 heterocycles. The summed E-state index contributed by atoms with van der Waals surface area (Å²) >= 11 is 0. The Balaban J connectivity index is 1.85. The van der Waals surface area contributed by atoms with Gasteiger partial charge in [0.05, 0.1) is 23.4 Å². The number of anilines is 1.